The van der Waals surface area contributed by atoms with Gasteiger partial charge in [-0.05, 0) is 12.3 Å². The van der Waals surface area contributed by atoms with Crippen molar-refractivity contribution < 1.29 is 19.1 Å². The van der Waals surface area contributed by atoms with Crippen molar-refractivity contribution in [2.45, 2.75) is 161 Å². The van der Waals surface area contributed by atoms with Gasteiger partial charge in [0.05, 0.1) is 19.1 Å². The van der Waals surface area contributed by atoms with Gasteiger partial charge in [0.25, 0.3) is 0 Å². The highest BCUT2D eigenvalue weighted by Gasteiger charge is 2.25. The van der Waals surface area contributed by atoms with Crippen LogP contribution in [0.3, 0.4) is 0 Å². The van der Waals surface area contributed by atoms with Crippen LogP contribution in [0, 0.1) is 5.92 Å². The second-order valence-corrected chi connectivity index (χ2v) is 12.3. The third-order valence-corrected chi connectivity index (χ3v) is 8.57. The number of carbonyl (C=O) groups is 2. The molecular formula is C34H60N6O4. The Balaban J connectivity index is 1.62. The summed E-state index contributed by atoms with van der Waals surface area (Å²) in [7, 11) is 0. The van der Waals surface area contributed by atoms with Crippen LogP contribution in [0.2, 0.25) is 0 Å². The zero-order chi connectivity index (χ0) is 32.0. The van der Waals surface area contributed by atoms with Crippen LogP contribution < -0.4 is 11.5 Å². The van der Waals surface area contributed by atoms with Crippen molar-refractivity contribution in [2.75, 3.05) is 12.3 Å². The monoisotopic (exact) mass is 616 g/mol. The zero-order valence-corrected chi connectivity index (χ0v) is 27.8. The molecule has 2 unspecified atom stereocenters. The first kappa shape index (κ1) is 37.4. The molecule has 2 heterocycles. The molecule has 250 valence electrons. The number of aromatic nitrogens is 4. The number of carbonyl (C=O) groups excluding carboxylic acids is 2. The van der Waals surface area contributed by atoms with E-state index in [9.17, 15) is 9.59 Å². The first-order chi connectivity index (χ1) is 21.3. The van der Waals surface area contributed by atoms with E-state index in [2.05, 4.69) is 21.9 Å². The SMILES string of the molecule is CCCCCCCCCCCCCCCCCC(=O)OCCC(CCn1cnc2cnc(N)nc21)OC(=O)[C@@H](N)C(C)CC. The average molecular weight is 617 g/mol. The normalized spacial score (nSPS) is 13.5. The maximum atomic E-state index is 12.7. The summed E-state index contributed by atoms with van der Waals surface area (Å²) in [6.45, 7) is 6.88. The Morgan fingerprint density at radius 3 is 2.05 bits per heavy atom. The maximum absolute atomic E-state index is 12.7. The van der Waals surface area contributed by atoms with Gasteiger partial charge in [-0.2, -0.15) is 4.98 Å². The lowest BCUT2D eigenvalue weighted by molar-refractivity contribution is -0.154. The van der Waals surface area contributed by atoms with Crippen LogP contribution in [0.1, 0.15) is 143 Å². The fraction of sp³-hybridized carbons (Fsp3) is 0.794. The molecule has 10 heteroatoms. The van der Waals surface area contributed by atoms with Crippen LogP contribution in [0.4, 0.5) is 5.95 Å². The third kappa shape index (κ3) is 15.3. The van der Waals surface area contributed by atoms with E-state index in [1.165, 1.54) is 83.5 Å². The van der Waals surface area contributed by atoms with Crippen LogP contribution in [-0.2, 0) is 25.6 Å². The molecule has 0 saturated carbocycles. The summed E-state index contributed by atoms with van der Waals surface area (Å²) in [5.74, 6) is -0.458. The number of hydrogen-bond acceptors (Lipinski definition) is 9. The number of rotatable bonds is 26. The predicted molar refractivity (Wildman–Crippen MR) is 177 cm³/mol. The molecule has 3 atom stereocenters. The van der Waals surface area contributed by atoms with Crippen LogP contribution in [0.5, 0.6) is 0 Å². The van der Waals surface area contributed by atoms with E-state index in [4.69, 9.17) is 20.9 Å². The van der Waals surface area contributed by atoms with Gasteiger partial charge in [-0.3, -0.25) is 9.59 Å². The highest BCUT2D eigenvalue weighted by atomic mass is 16.6. The first-order valence-electron chi connectivity index (χ1n) is 17.4. The van der Waals surface area contributed by atoms with Crippen LogP contribution in [0.15, 0.2) is 12.5 Å². The fourth-order valence-electron chi connectivity index (χ4n) is 5.32. The minimum Gasteiger partial charge on any atom is -0.466 e. The van der Waals surface area contributed by atoms with Gasteiger partial charge in [-0.25, -0.2) is 9.97 Å². The molecule has 0 aromatic carbocycles. The lowest BCUT2D eigenvalue weighted by Gasteiger charge is -2.23. The molecule has 10 nitrogen and oxygen atoms in total. The molecule has 0 amide bonds. The van der Waals surface area contributed by atoms with Crippen molar-refractivity contribution in [1.29, 1.82) is 0 Å². The van der Waals surface area contributed by atoms with Gasteiger partial charge in [0.1, 0.15) is 17.7 Å². The molecule has 0 aliphatic heterocycles. The summed E-state index contributed by atoms with van der Waals surface area (Å²) in [5, 5.41) is 0. The van der Waals surface area contributed by atoms with E-state index in [0.717, 1.165) is 19.3 Å². The predicted octanol–water partition coefficient (Wildman–Crippen LogP) is 7.28. The number of ether oxygens (including phenoxy) is 2. The highest BCUT2D eigenvalue weighted by molar-refractivity contribution is 5.76. The summed E-state index contributed by atoms with van der Waals surface area (Å²) in [6, 6.07) is -0.697. The summed E-state index contributed by atoms with van der Waals surface area (Å²) in [5.41, 5.74) is 13.1. The number of unbranched alkanes of at least 4 members (excludes halogenated alkanes) is 14. The van der Waals surface area contributed by atoms with E-state index in [1.807, 2.05) is 18.4 Å². The Hall–Kier alpha value is -2.75. The topological polar surface area (TPSA) is 148 Å². The van der Waals surface area contributed by atoms with E-state index in [0.29, 0.717) is 37.0 Å². The van der Waals surface area contributed by atoms with Gasteiger partial charge in [-0.15, -0.1) is 0 Å². The van der Waals surface area contributed by atoms with Gasteiger partial charge >= 0.3 is 11.9 Å². The lowest BCUT2D eigenvalue weighted by atomic mass is 10.0. The second kappa shape index (κ2) is 22.7. The molecule has 0 aliphatic rings. The third-order valence-electron chi connectivity index (χ3n) is 8.57. The number of anilines is 1. The van der Waals surface area contributed by atoms with Crippen LogP contribution >= 0.6 is 0 Å². The van der Waals surface area contributed by atoms with Crippen molar-refractivity contribution in [2.24, 2.45) is 11.7 Å². The average Bonchev–Trinajstić information content (AvgIpc) is 3.42. The Morgan fingerprint density at radius 2 is 1.45 bits per heavy atom. The number of esters is 2. The number of imidazole rings is 1. The van der Waals surface area contributed by atoms with Crippen molar-refractivity contribution in [3.05, 3.63) is 12.5 Å². The minimum atomic E-state index is -0.697. The van der Waals surface area contributed by atoms with Gasteiger partial charge < -0.3 is 25.5 Å². The Kier molecular flexibility index (Phi) is 19.3. The largest absolute Gasteiger partial charge is 0.466 e. The smallest absolute Gasteiger partial charge is 0.323 e. The van der Waals surface area contributed by atoms with Gasteiger partial charge in [-0.1, -0.05) is 117 Å². The summed E-state index contributed by atoms with van der Waals surface area (Å²) in [4.78, 5) is 37.6. The van der Waals surface area contributed by atoms with E-state index >= 15 is 0 Å². The van der Waals surface area contributed by atoms with Gasteiger partial charge in [0.2, 0.25) is 5.95 Å². The molecule has 0 saturated heterocycles. The Bertz CT molecular complexity index is 1060. The number of fused-ring (bicyclic) bond motifs is 1. The zero-order valence-electron chi connectivity index (χ0n) is 27.8. The fourth-order valence-corrected chi connectivity index (χ4v) is 5.32. The summed E-state index contributed by atoms with van der Waals surface area (Å²) >= 11 is 0. The molecule has 0 bridgehead atoms. The van der Waals surface area contributed by atoms with Crippen molar-refractivity contribution in [3.63, 3.8) is 0 Å². The number of nitrogens with zero attached hydrogens (tertiary/aromatic N) is 4. The molecule has 0 spiro atoms. The molecule has 0 fully saturated rings. The Labute approximate surface area is 265 Å². The van der Waals surface area contributed by atoms with Crippen molar-refractivity contribution in [1.82, 2.24) is 19.5 Å². The summed E-state index contributed by atoms with van der Waals surface area (Å²) in [6.07, 6.45) is 24.2. The second-order valence-electron chi connectivity index (χ2n) is 12.3. The highest BCUT2D eigenvalue weighted by Crippen LogP contribution is 2.17. The number of hydrogen-bond donors (Lipinski definition) is 2. The number of aryl methyl sites for hydroxylation is 1. The minimum absolute atomic E-state index is 0.00755. The lowest BCUT2D eigenvalue weighted by Crippen LogP contribution is -2.40. The van der Waals surface area contributed by atoms with E-state index in [1.54, 1.807) is 12.5 Å². The van der Waals surface area contributed by atoms with Crippen molar-refractivity contribution >= 4 is 29.1 Å². The Morgan fingerprint density at radius 1 is 0.864 bits per heavy atom. The van der Waals surface area contributed by atoms with Gasteiger partial charge in [0, 0.05) is 25.8 Å². The molecule has 2 aromatic heterocycles. The molecule has 4 N–H and O–H groups in total. The molecule has 44 heavy (non-hydrogen) atoms. The molecular weight excluding hydrogens is 556 g/mol. The number of nitrogens with two attached hydrogens (primary N) is 2. The van der Waals surface area contributed by atoms with E-state index < -0.39 is 18.1 Å². The van der Waals surface area contributed by atoms with Crippen molar-refractivity contribution in [3.8, 4) is 0 Å². The van der Waals surface area contributed by atoms with Crippen LogP contribution in [-0.4, -0.2) is 50.2 Å². The van der Waals surface area contributed by atoms with Crippen LogP contribution in [0.25, 0.3) is 11.2 Å². The molecule has 0 aliphatic carbocycles. The van der Waals surface area contributed by atoms with Gasteiger partial charge in [0.15, 0.2) is 5.65 Å². The quantitative estimate of drug-likeness (QED) is 0.0821. The molecule has 2 aromatic rings. The number of nitrogen functional groups attached to an aromatic ring is 1. The standard InChI is InChI=1S/C34H60N6O4/c1-4-6-7-8-9-10-11-12-13-14-15-16-17-18-19-20-30(41)43-24-22-28(44-33(42)31(35)27(3)5-2)21-23-40-26-38-29-25-37-34(36)39-32(29)40/h25-28,31H,4-24,35H2,1-3H3,(H2,36,37,39)/t27?,28?,31-/m0/s1. The molecule has 2 rings (SSSR count). The summed E-state index contributed by atoms with van der Waals surface area (Å²) < 4.78 is 13.2. The maximum Gasteiger partial charge on any atom is 0.323 e. The molecule has 0 radical (unpaired) electrons. The van der Waals surface area contributed by atoms with E-state index in [-0.39, 0.29) is 24.4 Å². The first-order valence-corrected chi connectivity index (χ1v) is 17.4.